The van der Waals surface area contributed by atoms with Gasteiger partial charge in [-0.25, -0.2) is 0 Å². The molecule has 0 aliphatic carbocycles. The van der Waals surface area contributed by atoms with Crippen molar-refractivity contribution in [2.24, 2.45) is 0 Å². The predicted molar refractivity (Wildman–Crippen MR) is 70.0 cm³/mol. The predicted octanol–water partition coefficient (Wildman–Crippen LogP) is 3.21. The van der Waals surface area contributed by atoms with E-state index in [4.69, 9.17) is 15.9 Å². The van der Waals surface area contributed by atoms with Gasteiger partial charge in [-0.15, -0.1) is 6.07 Å². The molecular formula is C16H13CuO2. The van der Waals surface area contributed by atoms with E-state index in [1.54, 1.807) is 19.2 Å². The maximum Gasteiger partial charge on any atom is 1.00 e. The van der Waals surface area contributed by atoms with Crippen LogP contribution >= 0.6 is 0 Å². The first kappa shape index (κ1) is 15.2. The summed E-state index contributed by atoms with van der Waals surface area (Å²) in [5, 5.41) is 0. The van der Waals surface area contributed by atoms with Crippen molar-refractivity contribution in [3.63, 3.8) is 0 Å². The van der Waals surface area contributed by atoms with Gasteiger partial charge >= 0.3 is 17.1 Å². The van der Waals surface area contributed by atoms with Gasteiger partial charge in [-0.05, 0) is 11.6 Å². The molecule has 0 spiro atoms. The summed E-state index contributed by atoms with van der Waals surface area (Å²) >= 11 is 0. The third kappa shape index (κ3) is 4.06. The van der Waals surface area contributed by atoms with Crippen LogP contribution in [0.1, 0.15) is 11.1 Å². The fourth-order valence-electron chi connectivity index (χ4n) is 1.61. The van der Waals surface area contributed by atoms with E-state index in [0.717, 1.165) is 11.3 Å². The Hall–Kier alpha value is -1.88. The number of ether oxygens (including phenoxy) is 2. The van der Waals surface area contributed by atoms with E-state index in [-0.39, 0.29) is 17.1 Å². The molecule has 0 atom stereocenters. The van der Waals surface area contributed by atoms with Crippen molar-refractivity contribution in [1.29, 1.82) is 0 Å². The van der Waals surface area contributed by atoms with Crippen molar-refractivity contribution in [3.8, 4) is 17.4 Å². The van der Waals surface area contributed by atoms with Crippen LogP contribution in [0.3, 0.4) is 0 Å². The Balaban J connectivity index is 0.00000180. The van der Waals surface area contributed by atoms with Crippen molar-refractivity contribution in [1.82, 2.24) is 0 Å². The summed E-state index contributed by atoms with van der Waals surface area (Å²) in [5.41, 5.74) is 1.73. The molecule has 2 nitrogen and oxygen atoms in total. The smallest absolute Gasteiger partial charge is 0.514 e. The molecule has 2 aromatic rings. The van der Waals surface area contributed by atoms with Crippen LogP contribution in [0.25, 0.3) is 0 Å². The fourth-order valence-corrected chi connectivity index (χ4v) is 1.61. The molecule has 100 valence electrons. The average molecular weight is 301 g/mol. The Labute approximate surface area is 124 Å². The molecule has 0 aromatic heterocycles. The monoisotopic (exact) mass is 300 g/mol. The second kappa shape index (κ2) is 7.53. The molecule has 2 aromatic carbocycles. The minimum absolute atomic E-state index is 0. The van der Waals surface area contributed by atoms with Gasteiger partial charge in [0.15, 0.2) is 0 Å². The van der Waals surface area contributed by atoms with E-state index < -0.39 is 0 Å². The molecule has 3 heteroatoms. The van der Waals surface area contributed by atoms with Crippen LogP contribution in [0.15, 0.2) is 48.5 Å². The standard InChI is InChI=1S/C16H13O2.Cu/c1-3-14-9-10-15(11-16(14)17-2)18-12-13-7-5-4-6-8-13;/h4-11H,12H2,2H3;/q-1;+1. The maximum absolute atomic E-state index is 7.12. The molecule has 0 heterocycles. The molecule has 2 rings (SSSR count). The van der Waals surface area contributed by atoms with Crippen LogP contribution in [-0.4, -0.2) is 7.11 Å². The summed E-state index contributed by atoms with van der Waals surface area (Å²) in [6.07, 6.45) is 7.12. The first-order valence-corrected chi connectivity index (χ1v) is 5.61. The second-order valence-electron chi connectivity index (χ2n) is 3.76. The Kier molecular flexibility index (Phi) is 6.02. The van der Waals surface area contributed by atoms with Gasteiger partial charge in [0, 0.05) is 6.07 Å². The number of hydrogen-bond donors (Lipinski definition) is 0. The third-order valence-corrected chi connectivity index (χ3v) is 2.56. The summed E-state index contributed by atoms with van der Waals surface area (Å²) in [7, 11) is 1.57. The second-order valence-corrected chi connectivity index (χ2v) is 3.76. The van der Waals surface area contributed by atoms with E-state index in [2.05, 4.69) is 5.92 Å². The Bertz CT molecular complexity index is 559. The summed E-state index contributed by atoms with van der Waals surface area (Å²) in [6, 6.07) is 15.3. The minimum atomic E-state index is 0. The van der Waals surface area contributed by atoms with Crippen molar-refractivity contribution in [3.05, 3.63) is 66.1 Å². The summed E-state index contributed by atoms with van der Waals surface area (Å²) in [5.74, 6) is 3.63. The topological polar surface area (TPSA) is 18.5 Å². The third-order valence-electron chi connectivity index (χ3n) is 2.56. The van der Waals surface area contributed by atoms with Gasteiger partial charge in [-0.1, -0.05) is 35.9 Å². The van der Waals surface area contributed by atoms with Crippen LogP contribution < -0.4 is 9.47 Å². The molecule has 0 aliphatic rings. The van der Waals surface area contributed by atoms with E-state index in [1.807, 2.05) is 36.4 Å². The molecule has 0 unspecified atom stereocenters. The summed E-state index contributed by atoms with van der Waals surface area (Å²) in [6.45, 7) is 0.512. The zero-order valence-corrected chi connectivity index (χ0v) is 11.4. The van der Waals surface area contributed by atoms with E-state index in [1.165, 1.54) is 0 Å². The normalized spacial score (nSPS) is 9.05. The number of benzene rings is 2. The van der Waals surface area contributed by atoms with Crippen molar-refractivity contribution in [2.75, 3.05) is 7.11 Å². The van der Waals surface area contributed by atoms with Crippen molar-refractivity contribution < 1.29 is 26.5 Å². The van der Waals surface area contributed by atoms with E-state index >= 15 is 0 Å². The Morgan fingerprint density at radius 1 is 1.11 bits per heavy atom. The molecule has 0 aliphatic heterocycles. The summed E-state index contributed by atoms with van der Waals surface area (Å²) in [4.78, 5) is 0. The number of hydrogen-bond acceptors (Lipinski definition) is 2. The first-order valence-electron chi connectivity index (χ1n) is 5.61. The largest absolute Gasteiger partial charge is 1.00 e. The zero-order valence-electron chi connectivity index (χ0n) is 10.4. The zero-order chi connectivity index (χ0) is 12.8. The maximum atomic E-state index is 7.12. The minimum Gasteiger partial charge on any atom is -0.514 e. The van der Waals surface area contributed by atoms with Gasteiger partial charge in [0.1, 0.15) is 12.4 Å². The van der Waals surface area contributed by atoms with E-state index in [0.29, 0.717) is 17.9 Å². The molecular weight excluding hydrogens is 288 g/mol. The molecule has 19 heavy (non-hydrogen) atoms. The first-order chi connectivity index (χ1) is 8.83. The van der Waals surface area contributed by atoms with Gasteiger partial charge in [0.05, 0.1) is 12.9 Å². The van der Waals surface area contributed by atoms with Crippen LogP contribution in [0.4, 0.5) is 0 Å². The average Bonchev–Trinajstić information content (AvgIpc) is 2.45. The van der Waals surface area contributed by atoms with E-state index in [9.17, 15) is 0 Å². The molecule has 0 N–H and O–H groups in total. The van der Waals surface area contributed by atoms with Crippen LogP contribution in [0, 0.1) is 12.3 Å². The van der Waals surface area contributed by atoms with Gasteiger partial charge in [-0.2, -0.15) is 0 Å². The van der Waals surface area contributed by atoms with Crippen LogP contribution in [-0.2, 0) is 23.7 Å². The van der Waals surface area contributed by atoms with Gasteiger partial charge < -0.3 is 15.9 Å². The van der Waals surface area contributed by atoms with Gasteiger partial charge in [0.2, 0.25) is 0 Å². The number of methoxy groups -OCH3 is 1. The molecule has 0 radical (unpaired) electrons. The Morgan fingerprint density at radius 2 is 1.84 bits per heavy atom. The van der Waals surface area contributed by atoms with Crippen LogP contribution in [0.5, 0.6) is 11.5 Å². The van der Waals surface area contributed by atoms with Gasteiger partial charge in [-0.3, -0.25) is 5.92 Å². The SMILES string of the molecule is [C-]#Cc1ccc(OCc2ccccc2)cc1OC.[Cu+]. The number of rotatable bonds is 4. The molecule has 0 fully saturated rings. The molecule has 0 amide bonds. The summed E-state index contributed by atoms with van der Waals surface area (Å²) < 4.78 is 10.8. The molecule has 0 bridgehead atoms. The van der Waals surface area contributed by atoms with Crippen molar-refractivity contribution >= 4 is 0 Å². The van der Waals surface area contributed by atoms with Crippen molar-refractivity contribution in [2.45, 2.75) is 6.61 Å². The quantitative estimate of drug-likeness (QED) is 0.490. The molecule has 0 saturated carbocycles. The molecule has 0 saturated heterocycles. The van der Waals surface area contributed by atoms with Crippen LogP contribution in [0.2, 0.25) is 0 Å². The van der Waals surface area contributed by atoms with Gasteiger partial charge in [0.25, 0.3) is 0 Å². The Morgan fingerprint density at radius 3 is 2.47 bits per heavy atom. The fraction of sp³-hybridized carbons (Fsp3) is 0.125.